The van der Waals surface area contributed by atoms with Gasteiger partial charge in [-0.15, -0.1) is 0 Å². The van der Waals surface area contributed by atoms with Crippen molar-refractivity contribution in [1.82, 2.24) is 10.2 Å². The lowest BCUT2D eigenvalue weighted by atomic mass is 9.88. The minimum absolute atomic E-state index is 0.0678. The van der Waals surface area contributed by atoms with E-state index in [-0.39, 0.29) is 17.9 Å². The van der Waals surface area contributed by atoms with Gasteiger partial charge >= 0.3 is 0 Å². The molecule has 2 amide bonds. The van der Waals surface area contributed by atoms with E-state index < -0.39 is 5.54 Å². The van der Waals surface area contributed by atoms with E-state index in [1.807, 2.05) is 11.8 Å². The Morgan fingerprint density at radius 1 is 1.24 bits per heavy atom. The second-order valence-electron chi connectivity index (χ2n) is 6.95. The molecule has 3 fully saturated rings. The van der Waals surface area contributed by atoms with Gasteiger partial charge < -0.3 is 15.0 Å². The van der Waals surface area contributed by atoms with Crippen LogP contribution in [0.2, 0.25) is 0 Å². The number of piperazine rings is 1. The maximum atomic E-state index is 13.0. The van der Waals surface area contributed by atoms with E-state index >= 15 is 0 Å². The summed E-state index contributed by atoms with van der Waals surface area (Å²) in [5.41, 5.74) is -0.663. The van der Waals surface area contributed by atoms with Gasteiger partial charge in [-0.05, 0) is 57.3 Å². The van der Waals surface area contributed by atoms with Crippen LogP contribution in [0.15, 0.2) is 0 Å². The highest BCUT2D eigenvalue weighted by Crippen LogP contribution is 2.45. The maximum Gasteiger partial charge on any atom is 0.249 e. The number of hydrogen-bond donors (Lipinski definition) is 1. The Balaban J connectivity index is 1.72. The largest absolute Gasteiger partial charge is 0.385 e. The molecule has 21 heavy (non-hydrogen) atoms. The first-order chi connectivity index (χ1) is 10.1. The molecule has 1 saturated heterocycles. The summed E-state index contributed by atoms with van der Waals surface area (Å²) in [5.74, 6) is 0.910. The summed E-state index contributed by atoms with van der Waals surface area (Å²) in [6.45, 7) is 3.30. The van der Waals surface area contributed by atoms with E-state index in [0.29, 0.717) is 25.0 Å². The summed E-state index contributed by atoms with van der Waals surface area (Å²) in [5, 5.41) is 3.05. The summed E-state index contributed by atoms with van der Waals surface area (Å²) in [4.78, 5) is 27.4. The van der Waals surface area contributed by atoms with Gasteiger partial charge in [-0.2, -0.15) is 0 Å². The van der Waals surface area contributed by atoms with Crippen molar-refractivity contribution in [3.05, 3.63) is 0 Å². The summed E-state index contributed by atoms with van der Waals surface area (Å²) in [6, 6.07) is -0.230. The van der Waals surface area contributed by atoms with E-state index in [1.165, 1.54) is 0 Å². The average Bonchev–Trinajstić information content (AvgIpc) is 3.30. The number of ether oxygens (including phenoxy) is 1. The van der Waals surface area contributed by atoms with Crippen LogP contribution < -0.4 is 5.32 Å². The number of carbonyl (C=O) groups excluding carboxylic acids is 2. The van der Waals surface area contributed by atoms with Gasteiger partial charge in [0.2, 0.25) is 11.8 Å². The van der Waals surface area contributed by atoms with Crippen LogP contribution >= 0.6 is 0 Å². The first-order valence-electron chi connectivity index (χ1n) is 8.20. The summed E-state index contributed by atoms with van der Waals surface area (Å²) < 4.78 is 5.07. The fourth-order valence-corrected chi connectivity index (χ4v) is 3.54. The van der Waals surface area contributed by atoms with Gasteiger partial charge in [0, 0.05) is 20.3 Å². The van der Waals surface area contributed by atoms with Gasteiger partial charge in [0.1, 0.15) is 11.6 Å². The molecule has 1 heterocycles. The number of hydrogen-bond acceptors (Lipinski definition) is 3. The Kier molecular flexibility index (Phi) is 3.95. The molecule has 3 aliphatic rings. The van der Waals surface area contributed by atoms with E-state index in [4.69, 9.17) is 4.74 Å². The van der Waals surface area contributed by atoms with Crippen molar-refractivity contribution in [2.45, 2.75) is 57.0 Å². The molecule has 0 aromatic carbocycles. The number of amides is 2. The lowest BCUT2D eigenvalue weighted by molar-refractivity contribution is -0.156. The number of nitrogens with one attached hydrogen (secondary N) is 1. The van der Waals surface area contributed by atoms with Crippen molar-refractivity contribution >= 4 is 11.8 Å². The summed E-state index contributed by atoms with van der Waals surface area (Å²) in [7, 11) is 1.69. The lowest BCUT2D eigenvalue weighted by Crippen LogP contribution is -2.70. The normalized spacial score (nSPS) is 33.2. The molecule has 2 unspecified atom stereocenters. The van der Waals surface area contributed by atoms with Crippen LogP contribution in [-0.2, 0) is 14.3 Å². The zero-order chi connectivity index (χ0) is 15.0. The zero-order valence-electron chi connectivity index (χ0n) is 13.1. The molecule has 1 N–H and O–H groups in total. The molecule has 5 nitrogen and oxygen atoms in total. The molecule has 2 aliphatic carbocycles. The van der Waals surface area contributed by atoms with E-state index in [2.05, 4.69) is 5.32 Å². The molecule has 2 atom stereocenters. The third-order valence-electron chi connectivity index (χ3n) is 5.15. The zero-order valence-corrected chi connectivity index (χ0v) is 13.1. The van der Waals surface area contributed by atoms with Gasteiger partial charge in [-0.25, -0.2) is 0 Å². The van der Waals surface area contributed by atoms with Gasteiger partial charge in [0.05, 0.1) is 0 Å². The molecule has 0 spiro atoms. The van der Waals surface area contributed by atoms with Crippen molar-refractivity contribution in [1.29, 1.82) is 0 Å². The Labute approximate surface area is 126 Å². The van der Waals surface area contributed by atoms with Crippen LogP contribution in [0.25, 0.3) is 0 Å². The molecular formula is C16H26N2O3. The quantitative estimate of drug-likeness (QED) is 0.720. The summed E-state index contributed by atoms with van der Waals surface area (Å²) in [6.07, 6.45) is 6.07. The van der Waals surface area contributed by atoms with Crippen LogP contribution in [-0.4, -0.2) is 48.6 Å². The third kappa shape index (κ3) is 2.80. The minimum Gasteiger partial charge on any atom is -0.385 e. The number of nitrogens with zero attached hydrogens (tertiary/aromatic N) is 1. The summed E-state index contributed by atoms with van der Waals surface area (Å²) >= 11 is 0. The Morgan fingerprint density at radius 2 is 1.95 bits per heavy atom. The van der Waals surface area contributed by atoms with E-state index in [9.17, 15) is 9.59 Å². The van der Waals surface area contributed by atoms with Crippen LogP contribution in [0.4, 0.5) is 0 Å². The molecule has 118 valence electrons. The Morgan fingerprint density at radius 3 is 2.52 bits per heavy atom. The van der Waals surface area contributed by atoms with Gasteiger partial charge in [0.15, 0.2) is 0 Å². The molecule has 1 aliphatic heterocycles. The third-order valence-corrected chi connectivity index (χ3v) is 5.15. The fourth-order valence-electron chi connectivity index (χ4n) is 3.54. The standard InChI is InChI=1S/C16H26N2O3/c1-16(12-7-8-12)15(20)18(9-3-4-10-21-2)13(11-5-6-11)14(19)17-16/h11-13H,3-10H2,1-2H3,(H,17,19). The maximum absolute atomic E-state index is 13.0. The number of methoxy groups -OCH3 is 1. The predicted molar refractivity (Wildman–Crippen MR) is 78.6 cm³/mol. The lowest BCUT2D eigenvalue weighted by Gasteiger charge is -2.45. The highest BCUT2D eigenvalue weighted by atomic mass is 16.5. The number of unbranched alkanes of at least 4 members (excludes halogenated alkanes) is 1. The Bertz CT molecular complexity index is 431. The second-order valence-corrected chi connectivity index (χ2v) is 6.95. The van der Waals surface area contributed by atoms with E-state index in [0.717, 1.165) is 38.5 Å². The molecule has 2 saturated carbocycles. The Hall–Kier alpha value is -1.10. The first-order valence-corrected chi connectivity index (χ1v) is 8.20. The van der Waals surface area contributed by atoms with Gasteiger partial charge in [-0.1, -0.05) is 0 Å². The predicted octanol–water partition coefficient (Wildman–Crippen LogP) is 1.32. The topological polar surface area (TPSA) is 58.6 Å². The highest BCUT2D eigenvalue weighted by Gasteiger charge is 2.57. The highest BCUT2D eigenvalue weighted by molar-refractivity contribution is 6.00. The molecule has 0 bridgehead atoms. The number of carbonyl (C=O) groups is 2. The van der Waals surface area contributed by atoms with Crippen molar-refractivity contribution in [2.75, 3.05) is 20.3 Å². The average molecular weight is 294 g/mol. The van der Waals surface area contributed by atoms with Crippen molar-refractivity contribution in [3.8, 4) is 0 Å². The fraction of sp³-hybridized carbons (Fsp3) is 0.875. The molecule has 0 radical (unpaired) electrons. The smallest absolute Gasteiger partial charge is 0.249 e. The van der Waals surface area contributed by atoms with Gasteiger partial charge in [0.25, 0.3) is 0 Å². The van der Waals surface area contributed by atoms with Crippen molar-refractivity contribution in [2.24, 2.45) is 11.8 Å². The van der Waals surface area contributed by atoms with Crippen LogP contribution in [0.3, 0.4) is 0 Å². The molecule has 0 aromatic heterocycles. The van der Waals surface area contributed by atoms with E-state index in [1.54, 1.807) is 7.11 Å². The van der Waals surface area contributed by atoms with Crippen LogP contribution in [0.1, 0.15) is 45.4 Å². The van der Waals surface area contributed by atoms with Crippen LogP contribution in [0.5, 0.6) is 0 Å². The molecule has 3 rings (SSSR count). The number of rotatable bonds is 7. The minimum atomic E-state index is -0.663. The van der Waals surface area contributed by atoms with Gasteiger partial charge in [-0.3, -0.25) is 9.59 Å². The van der Waals surface area contributed by atoms with Crippen molar-refractivity contribution in [3.63, 3.8) is 0 Å². The SMILES string of the molecule is COCCCCN1C(=O)C(C)(C2CC2)NC(=O)C1C1CC1. The first kappa shape index (κ1) is 14.8. The second kappa shape index (κ2) is 5.59. The van der Waals surface area contributed by atoms with Crippen molar-refractivity contribution < 1.29 is 14.3 Å². The monoisotopic (exact) mass is 294 g/mol. The van der Waals surface area contributed by atoms with Crippen LogP contribution in [0, 0.1) is 11.8 Å². The molecular weight excluding hydrogens is 268 g/mol. The molecule has 5 heteroatoms. The molecule has 0 aromatic rings.